The first-order valence-electron chi connectivity index (χ1n) is 6.74. The molecule has 0 aliphatic heterocycles. The minimum atomic E-state index is -0.497. The zero-order valence-corrected chi connectivity index (χ0v) is 11.1. The van der Waals surface area contributed by atoms with Crippen molar-refractivity contribution in [3.05, 3.63) is 24.1 Å². The number of rotatable bonds is 4. The Hall–Kier alpha value is -1.65. The highest BCUT2D eigenvalue weighted by atomic mass is 19.1. The monoisotopic (exact) mass is 266 g/mol. The molecule has 1 saturated carbocycles. The quantitative estimate of drug-likeness (QED) is 0.672. The largest absolute Gasteiger partial charge is 0.466 e. The van der Waals surface area contributed by atoms with Gasteiger partial charge in [0.15, 0.2) is 0 Å². The molecule has 5 heteroatoms. The van der Waals surface area contributed by atoms with E-state index in [0.717, 1.165) is 25.7 Å². The summed E-state index contributed by atoms with van der Waals surface area (Å²) < 4.78 is 18.1. The van der Waals surface area contributed by atoms with E-state index in [1.165, 1.54) is 6.07 Å². The number of nitrogens with zero attached hydrogens (tertiary/aromatic N) is 1. The third-order valence-electron chi connectivity index (χ3n) is 3.36. The first kappa shape index (κ1) is 13.8. The number of esters is 1. The number of aromatic nitrogens is 1. The Bertz CT molecular complexity index is 439. The van der Waals surface area contributed by atoms with Crippen molar-refractivity contribution in [2.75, 3.05) is 11.9 Å². The van der Waals surface area contributed by atoms with E-state index >= 15 is 0 Å². The van der Waals surface area contributed by atoms with Crippen molar-refractivity contribution in [3.8, 4) is 0 Å². The predicted octanol–water partition coefficient (Wildman–Crippen LogP) is 2.75. The number of carbonyl (C=O) groups is 1. The number of anilines is 1. The molecule has 1 aliphatic carbocycles. The van der Waals surface area contributed by atoms with Crippen LogP contribution in [-0.2, 0) is 9.53 Å². The summed E-state index contributed by atoms with van der Waals surface area (Å²) in [5, 5.41) is 3.19. The molecule has 2 unspecified atom stereocenters. The lowest BCUT2D eigenvalue weighted by Crippen LogP contribution is -2.32. The number of halogens is 1. The van der Waals surface area contributed by atoms with Gasteiger partial charge in [0.1, 0.15) is 5.82 Å². The summed E-state index contributed by atoms with van der Waals surface area (Å²) in [6.45, 7) is 2.23. The van der Waals surface area contributed by atoms with Gasteiger partial charge in [0.25, 0.3) is 0 Å². The van der Waals surface area contributed by atoms with Crippen LogP contribution in [0.4, 0.5) is 10.2 Å². The van der Waals surface area contributed by atoms with Crippen molar-refractivity contribution in [1.29, 1.82) is 0 Å². The molecule has 2 rings (SSSR count). The summed E-state index contributed by atoms with van der Waals surface area (Å²) in [4.78, 5) is 15.5. The van der Waals surface area contributed by atoms with Crippen LogP contribution in [0.1, 0.15) is 32.6 Å². The predicted molar refractivity (Wildman–Crippen MR) is 70.2 cm³/mol. The van der Waals surface area contributed by atoms with Crippen molar-refractivity contribution < 1.29 is 13.9 Å². The molecule has 0 aromatic carbocycles. The second kappa shape index (κ2) is 6.50. The Morgan fingerprint density at radius 2 is 2.37 bits per heavy atom. The third-order valence-corrected chi connectivity index (χ3v) is 3.36. The second-order valence-corrected chi connectivity index (χ2v) is 4.80. The van der Waals surface area contributed by atoms with E-state index in [1.54, 1.807) is 12.1 Å². The summed E-state index contributed by atoms with van der Waals surface area (Å²) in [5.41, 5.74) is 0. The van der Waals surface area contributed by atoms with Crippen LogP contribution in [0.2, 0.25) is 0 Å². The van der Waals surface area contributed by atoms with Crippen molar-refractivity contribution in [2.45, 2.75) is 38.6 Å². The van der Waals surface area contributed by atoms with Gasteiger partial charge in [0, 0.05) is 6.04 Å². The van der Waals surface area contributed by atoms with Crippen LogP contribution in [0.25, 0.3) is 0 Å². The lowest BCUT2D eigenvalue weighted by molar-refractivity contribution is -0.149. The van der Waals surface area contributed by atoms with Gasteiger partial charge >= 0.3 is 5.97 Å². The SMILES string of the molecule is CCOC(=O)C1CCCC(Nc2cccc(F)n2)C1. The molecule has 1 fully saturated rings. The maximum Gasteiger partial charge on any atom is 0.308 e. The van der Waals surface area contributed by atoms with Gasteiger partial charge in [-0.3, -0.25) is 4.79 Å². The van der Waals surface area contributed by atoms with Crippen LogP contribution in [0.15, 0.2) is 18.2 Å². The van der Waals surface area contributed by atoms with Gasteiger partial charge in [0.2, 0.25) is 5.95 Å². The molecular formula is C14H19FN2O2. The van der Waals surface area contributed by atoms with Crippen molar-refractivity contribution in [3.63, 3.8) is 0 Å². The first-order valence-corrected chi connectivity index (χ1v) is 6.74. The van der Waals surface area contributed by atoms with E-state index in [2.05, 4.69) is 10.3 Å². The third kappa shape index (κ3) is 3.91. The van der Waals surface area contributed by atoms with Crippen LogP contribution in [0.5, 0.6) is 0 Å². The molecule has 2 atom stereocenters. The lowest BCUT2D eigenvalue weighted by atomic mass is 9.86. The van der Waals surface area contributed by atoms with Gasteiger partial charge in [-0.25, -0.2) is 4.98 Å². The second-order valence-electron chi connectivity index (χ2n) is 4.80. The van der Waals surface area contributed by atoms with Crippen molar-refractivity contribution in [1.82, 2.24) is 4.98 Å². The molecule has 4 nitrogen and oxygen atoms in total. The molecule has 0 saturated heterocycles. The van der Waals surface area contributed by atoms with Crippen LogP contribution < -0.4 is 5.32 Å². The van der Waals surface area contributed by atoms with Gasteiger partial charge in [0.05, 0.1) is 12.5 Å². The van der Waals surface area contributed by atoms with Crippen molar-refractivity contribution in [2.24, 2.45) is 5.92 Å². The highest BCUT2D eigenvalue weighted by molar-refractivity contribution is 5.72. The topological polar surface area (TPSA) is 51.2 Å². The van der Waals surface area contributed by atoms with Gasteiger partial charge in [-0.1, -0.05) is 12.5 Å². The maximum absolute atomic E-state index is 13.0. The number of carbonyl (C=O) groups excluding carboxylic acids is 1. The zero-order chi connectivity index (χ0) is 13.7. The summed E-state index contributed by atoms with van der Waals surface area (Å²) >= 11 is 0. The maximum atomic E-state index is 13.0. The number of ether oxygens (including phenoxy) is 1. The fraction of sp³-hybridized carbons (Fsp3) is 0.571. The van der Waals surface area contributed by atoms with E-state index in [1.807, 2.05) is 6.92 Å². The number of hydrogen-bond donors (Lipinski definition) is 1. The molecule has 1 N–H and O–H groups in total. The Kier molecular flexibility index (Phi) is 4.71. The average molecular weight is 266 g/mol. The standard InChI is InChI=1S/C14H19FN2O2/c1-2-19-14(18)10-5-3-6-11(9-10)16-13-8-4-7-12(15)17-13/h4,7-8,10-11H,2-3,5-6,9H2,1H3,(H,16,17). The summed E-state index contributed by atoms with van der Waals surface area (Å²) in [6, 6.07) is 4.82. The summed E-state index contributed by atoms with van der Waals surface area (Å²) in [7, 11) is 0. The fourth-order valence-electron chi connectivity index (χ4n) is 2.49. The minimum Gasteiger partial charge on any atom is -0.466 e. The first-order chi connectivity index (χ1) is 9.19. The smallest absolute Gasteiger partial charge is 0.308 e. The zero-order valence-electron chi connectivity index (χ0n) is 11.1. The molecule has 1 aromatic rings. The van der Waals surface area contributed by atoms with Gasteiger partial charge in [-0.05, 0) is 38.3 Å². The van der Waals surface area contributed by atoms with Crippen LogP contribution in [0, 0.1) is 11.9 Å². The molecule has 104 valence electrons. The van der Waals surface area contributed by atoms with Crippen molar-refractivity contribution >= 4 is 11.8 Å². The van der Waals surface area contributed by atoms with Gasteiger partial charge < -0.3 is 10.1 Å². The van der Waals surface area contributed by atoms with Gasteiger partial charge in [-0.2, -0.15) is 4.39 Å². The molecule has 1 aliphatic rings. The Labute approximate surface area is 112 Å². The number of nitrogens with one attached hydrogen (secondary N) is 1. The van der Waals surface area contributed by atoms with Crippen LogP contribution in [0.3, 0.4) is 0 Å². The fourth-order valence-corrected chi connectivity index (χ4v) is 2.49. The van der Waals surface area contributed by atoms with E-state index in [0.29, 0.717) is 12.4 Å². The molecule has 1 aromatic heterocycles. The van der Waals surface area contributed by atoms with Crippen LogP contribution >= 0.6 is 0 Å². The summed E-state index contributed by atoms with van der Waals surface area (Å²) in [6.07, 6.45) is 3.52. The number of pyridine rings is 1. The van der Waals surface area contributed by atoms with E-state index in [-0.39, 0.29) is 17.9 Å². The highest BCUT2D eigenvalue weighted by Gasteiger charge is 2.28. The molecule has 0 amide bonds. The van der Waals surface area contributed by atoms with Gasteiger partial charge in [-0.15, -0.1) is 0 Å². The lowest BCUT2D eigenvalue weighted by Gasteiger charge is -2.28. The van der Waals surface area contributed by atoms with E-state index in [9.17, 15) is 9.18 Å². The molecule has 0 spiro atoms. The molecule has 0 bridgehead atoms. The normalized spacial score (nSPS) is 22.8. The molecule has 1 heterocycles. The molecule has 19 heavy (non-hydrogen) atoms. The summed E-state index contributed by atoms with van der Waals surface area (Å²) in [5.74, 6) is -0.154. The average Bonchev–Trinajstić information content (AvgIpc) is 2.39. The molecular weight excluding hydrogens is 247 g/mol. The molecule has 0 radical (unpaired) electrons. The minimum absolute atomic E-state index is 0.0558. The van der Waals surface area contributed by atoms with E-state index < -0.39 is 5.95 Å². The Morgan fingerprint density at radius 1 is 1.53 bits per heavy atom. The Balaban J connectivity index is 1.92. The number of hydrogen-bond acceptors (Lipinski definition) is 4. The Morgan fingerprint density at radius 3 is 3.11 bits per heavy atom. The van der Waals surface area contributed by atoms with E-state index in [4.69, 9.17) is 4.74 Å². The van der Waals surface area contributed by atoms with Crippen LogP contribution in [-0.4, -0.2) is 23.6 Å². The highest BCUT2D eigenvalue weighted by Crippen LogP contribution is 2.27.